The quantitative estimate of drug-likeness (QED) is 0.683. The van der Waals surface area contributed by atoms with Crippen LogP contribution in [0.1, 0.15) is 0 Å². The summed E-state index contributed by atoms with van der Waals surface area (Å²) in [6, 6.07) is 7.83. The summed E-state index contributed by atoms with van der Waals surface area (Å²) in [6.07, 6.45) is 7.20. The number of aromatic nitrogens is 3. The monoisotopic (exact) mass is 210 g/mol. The van der Waals surface area contributed by atoms with Crippen LogP contribution < -0.4 is 5.32 Å². The molecule has 0 spiro atoms. The molecule has 0 radical (unpaired) electrons. The van der Waals surface area contributed by atoms with E-state index in [9.17, 15) is 0 Å². The Hall–Kier alpha value is -2.36. The summed E-state index contributed by atoms with van der Waals surface area (Å²) in [5.74, 6) is 0. The fourth-order valence-electron chi connectivity index (χ4n) is 1.66. The molecule has 4 nitrogen and oxygen atoms in total. The number of aromatic amines is 1. The number of hydrogen-bond donors (Lipinski definition) is 2. The minimum absolute atomic E-state index is 0.883. The van der Waals surface area contributed by atoms with E-state index in [4.69, 9.17) is 0 Å². The average Bonchev–Trinajstić information content (AvgIpc) is 2.80. The van der Waals surface area contributed by atoms with E-state index in [0.717, 1.165) is 22.4 Å². The average molecular weight is 210 g/mol. The van der Waals surface area contributed by atoms with Crippen LogP contribution in [0.4, 0.5) is 11.4 Å². The van der Waals surface area contributed by atoms with Gasteiger partial charge in [0.25, 0.3) is 0 Å². The van der Waals surface area contributed by atoms with Gasteiger partial charge >= 0.3 is 0 Å². The first-order valence-electron chi connectivity index (χ1n) is 5.02. The number of fused-ring (bicyclic) bond motifs is 1. The van der Waals surface area contributed by atoms with Gasteiger partial charge in [-0.2, -0.15) is 0 Å². The third kappa shape index (κ3) is 1.50. The van der Waals surface area contributed by atoms with Crippen molar-refractivity contribution in [3.05, 3.63) is 49.1 Å². The van der Waals surface area contributed by atoms with Gasteiger partial charge in [-0.05, 0) is 24.3 Å². The summed E-state index contributed by atoms with van der Waals surface area (Å²) in [6.45, 7) is 0. The lowest BCUT2D eigenvalue weighted by Gasteiger charge is -2.06. The van der Waals surface area contributed by atoms with Gasteiger partial charge in [0.2, 0.25) is 0 Å². The molecule has 0 bridgehead atoms. The van der Waals surface area contributed by atoms with Crippen molar-refractivity contribution in [3.63, 3.8) is 0 Å². The highest BCUT2D eigenvalue weighted by atomic mass is 14.9. The molecule has 3 heterocycles. The molecule has 3 aromatic rings. The second-order valence-corrected chi connectivity index (χ2v) is 3.47. The number of nitrogens with one attached hydrogen (secondary N) is 2. The van der Waals surface area contributed by atoms with E-state index in [1.54, 1.807) is 18.6 Å². The largest absolute Gasteiger partial charge is 0.354 e. The number of hydrogen-bond acceptors (Lipinski definition) is 3. The number of nitrogens with zero attached hydrogens (tertiary/aromatic N) is 2. The standard InChI is InChI=1S/C12H10N4/c1-2-9(8-13-5-1)16-11-4-7-15-12-10(11)3-6-14-12/h1-8H,(H2,14,15,16). The predicted molar refractivity (Wildman–Crippen MR) is 63.6 cm³/mol. The van der Waals surface area contributed by atoms with Gasteiger partial charge < -0.3 is 10.3 Å². The molecule has 0 aliphatic heterocycles. The van der Waals surface area contributed by atoms with Crippen molar-refractivity contribution in [2.45, 2.75) is 0 Å². The highest BCUT2D eigenvalue weighted by Crippen LogP contribution is 2.23. The van der Waals surface area contributed by atoms with Gasteiger partial charge in [-0.25, -0.2) is 4.98 Å². The maximum absolute atomic E-state index is 4.23. The van der Waals surface area contributed by atoms with Crippen LogP contribution in [0.15, 0.2) is 49.1 Å². The molecule has 0 amide bonds. The van der Waals surface area contributed by atoms with Gasteiger partial charge in [-0.1, -0.05) is 0 Å². The summed E-state index contributed by atoms with van der Waals surface area (Å²) in [7, 11) is 0. The molecule has 3 aromatic heterocycles. The fraction of sp³-hybridized carbons (Fsp3) is 0. The summed E-state index contributed by atoms with van der Waals surface area (Å²) < 4.78 is 0. The molecule has 2 N–H and O–H groups in total. The third-order valence-electron chi connectivity index (χ3n) is 2.40. The van der Waals surface area contributed by atoms with Crippen molar-refractivity contribution in [1.82, 2.24) is 15.0 Å². The van der Waals surface area contributed by atoms with Crippen molar-refractivity contribution >= 4 is 22.4 Å². The molecule has 3 rings (SSSR count). The van der Waals surface area contributed by atoms with Crippen LogP contribution in [-0.2, 0) is 0 Å². The SMILES string of the molecule is c1cncc(Nc2ccnc3[nH]ccc23)c1. The van der Waals surface area contributed by atoms with Crippen molar-refractivity contribution in [2.75, 3.05) is 5.32 Å². The van der Waals surface area contributed by atoms with Crippen LogP contribution >= 0.6 is 0 Å². The summed E-state index contributed by atoms with van der Waals surface area (Å²) in [4.78, 5) is 11.4. The van der Waals surface area contributed by atoms with Gasteiger partial charge in [0, 0.05) is 24.0 Å². The third-order valence-corrected chi connectivity index (χ3v) is 2.40. The molecule has 0 aromatic carbocycles. The lowest BCUT2D eigenvalue weighted by atomic mass is 10.2. The van der Waals surface area contributed by atoms with Gasteiger partial charge in [0.1, 0.15) is 5.65 Å². The first kappa shape index (κ1) is 8.91. The van der Waals surface area contributed by atoms with Crippen molar-refractivity contribution in [1.29, 1.82) is 0 Å². The highest BCUT2D eigenvalue weighted by molar-refractivity contribution is 5.90. The Balaban J connectivity index is 2.04. The Kier molecular flexibility index (Phi) is 2.04. The molecular weight excluding hydrogens is 200 g/mol. The number of rotatable bonds is 2. The zero-order valence-corrected chi connectivity index (χ0v) is 8.51. The number of H-pyrrole nitrogens is 1. The van der Waals surface area contributed by atoms with E-state index >= 15 is 0 Å². The fourth-order valence-corrected chi connectivity index (χ4v) is 1.66. The lowest BCUT2D eigenvalue weighted by Crippen LogP contribution is -1.91. The van der Waals surface area contributed by atoms with Crippen LogP contribution in [-0.4, -0.2) is 15.0 Å². The van der Waals surface area contributed by atoms with Crippen molar-refractivity contribution in [2.24, 2.45) is 0 Å². The maximum Gasteiger partial charge on any atom is 0.139 e. The van der Waals surface area contributed by atoms with Gasteiger partial charge in [-0.15, -0.1) is 0 Å². The van der Waals surface area contributed by atoms with Gasteiger partial charge in [-0.3, -0.25) is 4.98 Å². The van der Waals surface area contributed by atoms with Gasteiger partial charge in [0.05, 0.1) is 17.6 Å². The van der Waals surface area contributed by atoms with Gasteiger partial charge in [0.15, 0.2) is 0 Å². The molecule has 0 saturated heterocycles. The number of anilines is 2. The first-order chi connectivity index (χ1) is 7.93. The Labute approximate surface area is 92.4 Å². The Bertz CT molecular complexity index is 600. The minimum Gasteiger partial charge on any atom is -0.354 e. The summed E-state index contributed by atoms with van der Waals surface area (Å²) >= 11 is 0. The van der Waals surface area contributed by atoms with E-state index in [1.165, 1.54) is 0 Å². The van der Waals surface area contributed by atoms with Crippen LogP contribution in [0.2, 0.25) is 0 Å². The summed E-state index contributed by atoms with van der Waals surface area (Å²) in [5, 5.41) is 4.39. The van der Waals surface area contributed by atoms with Crippen LogP contribution in [0.5, 0.6) is 0 Å². The predicted octanol–water partition coefficient (Wildman–Crippen LogP) is 2.70. The molecule has 4 heteroatoms. The van der Waals surface area contributed by atoms with Crippen molar-refractivity contribution in [3.8, 4) is 0 Å². The molecule has 78 valence electrons. The zero-order valence-electron chi connectivity index (χ0n) is 8.51. The van der Waals surface area contributed by atoms with E-state index in [1.807, 2.05) is 30.5 Å². The molecule has 16 heavy (non-hydrogen) atoms. The van der Waals surface area contributed by atoms with E-state index < -0.39 is 0 Å². The lowest BCUT2D eigenvalue weighted by molar-refractivity contribution is 1.31. The minimum atomic E-state index is 0.883. The molecular formula is C12H10N4. The highest BCUT2D eigenvalue weighted by Gasteiger charge is 2.02. The Morgan fingerprint density at radius 2 is 2.12 bits per heavy atom. The van der Waals surface area contributed by atoms with E-state index in [2.05, 4.69) is 20.3 Å². The van der Waals surface area contributed by atoms with Crippen LogP contribution in [0.25, 0.3) is 11.0 Å². The zero-order chi connectivity index (χ0) is 10.8. The molecule has 0 aliphatic carbocycles. The maximum atomic E-state index is 4.23. The smallest absolute Gasteiger partial charge is 0.139 e. The summed E-state index contributed by atoms with van der Waals surface area (Å²) in [5.41, 5.74) is 2.88. The second kappa shape index (κ2) is 3.66. The van der Waals surface area contributed by atoms with E-state index in [0.29, 0.717) is 0 Å². The Morgan fingerprint density at radius 3 is 3.00 bits per heavy atom. The molecule has 0 unspecified atom stereocenters. The topological polar surface area (TPSA) is 53.6 Å². The molecule has 0 fully saturated rings. The van der Waals surface area contributed by atoms with Crippen LogP contribution in [0, 0.1) is 0 Å². The molecule has 0 saturated carbocycles. The second-order valence-electron chi connectivity index (χ2n) is 3.47. The molecule has 0 atom stereocenters. The van der Waals surface area contributed by atoms with Crippen molar-refractivity contribution < 1.29 is 0 Å². The Morgan fingerprint density at radius 1 is 1.12 bits per heavy atom. The first-order valence-corrected chi connectivity index (χ1v) is 5.02. The molecule has 0 aliphatic rings. The van der Waals surface area contributed by atoms with E-state index in [-0.39, 0.29) is 0 Å². The van der Waals surface area contributed by atoms with Crippen LogP contribution in [0.3, 0.4) is 0 Å². The normalized spacial score (nSPS) is 10.5. The number of pyridine rings is 2.